The van der Waals surface area contributed by atoms with Crippen molar-refractivity contribution in [1.82, 2.24) is 0 Å². The van der Waals surface area contributed by atoms with Gasteiger partial charge in [0.2, 0.25) is 0 Å². The minimum atomic E-state index is 0.298. The molecule has 0 aromatic heterocycles. The highest BCUT2D eigenvalue weighted by molar-refractivity contribution is 6.31. The van der Waals surface area contributed by atoms with Crippen molar-refractivity contribution >= 4 is 28.9 Å². The first-order chi connectivity index (χ1) is 13.9. The summed E-state index contributed by atoms with van der Waals surface area (Å²) in [5, 5.41) is 4.74. The van der Waals surface area contributed by atoms with Gasteiger partial charge in [-0.1, -0.05) is 82.6 Å². The first kappa shape index (κ1) is 21.7. The lowest BCUT2D eigenvalue weighted by Crippen LogP contribution is -2.27. The topological polar surface area (TPSA) is 12.0 Å². The van der Waals surface area contributed by atoms with Crippen LogP contribution in [0.3, 0.4) is 0 Å². The Labute approximate surface area is 181 Å². The zero-order valence-corrected chi connectivity index (χ0v) is 19.2. The number of hydrogen-bond donors (Lipinski definition) is 1. The second kappa shape index (κ2) is 9.22. The molecule has 0 heterocycles. The molecule has 1 nitrogen and oxygen atoms in total. The summed E-state index contributed by atoms with van der Waals surface area (Å²) in [5.41, 5.74) is 8.98. The first-order valence-electron chi connectivity index (χ1n) is 10.9. The number of fused-ring (bicyclic) bond motifs is 2. The molecule has 4 rings (SSSR count). The fourth-order valence-electron chi connectivity index (χ4n) is 4.76. The molecule has 0 radical (unpaired) electrons. The van der Waals surface area contributed by atoms with Crippen LogP contribution in [-0.2, 0) is 0 Å². The number of anilines is 1. The molecule has 2 aromatic rings. The van der Waals surface area contributed by atoms with Gasteiger partial charge in [-0.3, -0.25) is 0 Å². The SMILES string of the molecule is C=C1CC=Cc2c(NC3c4ccc(Cl)c(C)c4C(C)CC3C)cccc21.CCC. The van der Waals surface area contributed by atoms with E-state index in [0.717, 1.165) is 11.4 Å². The van der Waals surface area contributed by atoms with Gasteiger partial charge in [0.15, 0.2) is 0 Å². The van der Waals surface area contributed by atoms with Crippen LogP contribution in [-0.4, -0.2) is 0 Å². The van der Waals surface area contributed by atoms with Crippen LogP contribution < -0.4 is 5.32 Å². The summed E-state index contributed by atoms with van der Waals surface area (Å²) in [7, 11) is 0. The van der Waals surface area contributed by atoms with Gasteiger partial charge < -0.3 is 5.32 Å². The third-order valence-electron chi connectivity index (χ3n) is 6.05. The molecule has 2 aliphatic carbocycles. The third kappa shape index (κ3) is 4.31. The van der Waals surface area contributed by atoms with Crippen LogP contribution >= 0.6 is 11.6 Å². The zero-order valence-electron chi connectivity index (χ0n) is 18.5. The number of halogens is 1. The molecule has 3 unspecified atom stereocenters. The van der Waals surface area contributed by atoms with E-state index in [4.69, 9.17) is 11.6 Å². The quantitative estimate of drug-likeness (QED) is 0.524. The average molecular weight is 408 g/mol. The summed E-state index contributed by atoms with van der Waals surface area (Å²) in [4.78, 5) is 0. The highest BCUT2D eigenvalue weighted by Gasteiger charge is 2.32. The third-order valence-corrected chi connectivity index (χ3v) is 6.46. The molecule has 0 saturated heterocycles. The maximum Gasteiger partial charge on any atom is 0.0542 e. The predicted octanol–water partition coefficient (Wildman–Crippen LogP) is 8.79. The van der Waals surface area contributed by atoms with Crippen LogP contribution in [0.25, 0.3) is 11.6 Å². The van der Waals surface area contributed by atoms with Crippen molar-refractivity contribution in [3.05, 3.63) is 75.8 Å². The molecule has 0 bridgehead atoms. The summed E-state index contributed by atoms with van der Waals surface area (Å²) in [6.45, 7) is 15.3. The molecule has 0 saturated carbocycles. The van der Waals surface area contributed by atoms with Crippen molar-refractivity contribution in [1.29, 1.82) is 0 Å². The number of hydrogen-bond acceptors (Lipinski definition) is 1. The van der Waals surface area contributed by atoms with Gasteiger partial charge in [0.05, 0.1) is 6.04 Å². The fraction of sp³-hybridized carbons (Fsp3) is 0.407. The van der Waals surface area contributed by atoms with Gasteiger partial charge in [-0.25, -0.2) is 0 Å². The molecule has 2 heteroatoms. The van der Waals surface area contributed by atoms with Gasteiger partial charge in [-0.2, -0.15) is 0 Å². The molecule has 2 aliphatic rings. The van der Waals surface area contributed by atoms with Crippen LogP contribution in [0, 0.1) is 12.8 Å². The van der Waals surface area contributed by atoms with Crippen molar-refractivity contribution in [2.24, 2.45) is 5.92 Å². The number of nitrogens with one attached hydrogen (secondary N) is 1. The van der Waals surface area contributed by atoms with Gasteiger partial charge in [0, 0.05) is 16.3 Å². The Morgan fingerprint density at radius 2 is 1.86 bits per heavy atom. The normalized spacial score (nSPS) is 22.3. The van der Waals surface area contributed by atoms with E-state index in [1.54, 1.807) is 0 Å². The smallest absolute Gasteiger partial charge is 0.0542 e. The lowest BCUT2D eigenvalue weighted by molar-refractivity contribution is 0.395. The largest absolute Gasteiger partial charge is 0.377 e. The Morgan fingerprint density at radius 3 is 2.59 bits per heavy atom. The Balaban J connectivity index is 0.000000755. The van der Waals surface area contributed by atoms with Crippen molar-refractivity contribution < 1.29 is 0 Å². The maximum atomic E-state index is 6.43. The molecule has 0 spiro atoms. The molecule has 0 fully saturated rings. The van der Waals surface area contributed by atoms with Crippen LogP contribution in [0.1, 0.15) is 86.7 Å². The number of allylic oxidation sites excluding steroid dienone is 2. The van der Waals surface area contributed by atoms with Gasteiger partial charge in [0.1, 0.15) is 0 Å². The Morgan fingerprint density at radius 1 is 1.14 bits per heavy atom. The standard InChI is InChI=1S/C24H26ClN.C3H8/c1-14-7-5-9-19-18(14)8-6-10-22(19)26-24-16(3)13-15(2)23-17(4)21(25)12-11-20(23)24;1-3-2/h5-6,8-12,15-16,24,26H,1,7,13H2,2-4H3;3H2,1-2H3. The van der Waals surface area contributed by atoms with Gasteiger partial charge in [-0.15, -0.1) is 0 Å². The summed E-state index contributed by atoms with van der Waals surface area (Å²) in [6, 6.07) is 11.1. The van der Waals surface area contributed by atoms with Crippen molar-refractivity contribution in [2.75, 3.05) is 5.32 Å². The monoisotopic (exact) mass is 407 g/mol. The van der Waals surface area contributed by atoms with E-state index < -0.39 is 0 Å². The van der Waals surface area contributed by atoms with Crippen LogP contribution in [0.15, 0.2) is 43.0 Å². The number of rotatable bonds is 2. The van der Waals surface area contributed by atoms with Gasteiger partial charge in [-0.05, 0) is 71.6 Å². The fourth-order valence-corrected chi connectivity index (χ4v) is 4.93. The van der Waals surface area contributed by atoms with Gasteiger partial charge >= 0.3 is 0 Å². The first-order valence-corrected chi connectivity index (χ1v) is 11.3. The Kier molecular flexibility index (Phi) is 6.90. The molecule has 0 aliphatic heterocycles. The molecule has 29 heavy (non-hydrogen) atoms. The highest BCUT2D eigenvalue weighted by Crippen LogP contribution is 2.46. The lowest BCUT2D eigenvalue weighted by atomic mass is 9.73. The minimum Gasteiger partial charge on any atom is -0.377 e. The van der Waals surface area contributed by atoms with Crippen LogP contribution in [0.5, 0.6) is 0 Å². The molecule has 2 aromatic carbocycles. The molecule has 1 N–H and O–H groups in total. The summed E-state index contributed by atoms with van der Waals surface area (Å²) < 4.78 is 0. The van der Waals surface area contributed by atoms with E-state index >= 15 is 0 Å². The summed E-state index contributed by atoms with van der Waals surface area (Å²) >= 11 is 6.43. The molecular weight excluding hydrogens is 374 g/mol. The molecule has 0 amide bonds. The molecular formula is C27H34ClN. The van der Waals surface area contributed by atoms with E-state index in [0.29, 0.717) is 17.9 Å². The number of benzene rings is 2. The Hall–Kier alpha value is -1.99. The van der Waals surface area contributed by atoms with Gasteiger partial charge in [0.25, 0.3) is 0 Å². The maximum absolute atomic E-state index is 6.43. The van der Waals surface area contributed by atoms with Crippen molar-refractivity contribution in [3.63, 3.8) is 0 Å². The van der Waals surface area contributed by atoms with Crippen LogP contribution in [0.4, 0.5) is 5.69 Å². The summed E-state index contributed by atoms with van der Waals surface area (Å²) in [5.74, 6) is 1.10. The predicted molar refractivity (Wildman–Crippen MR) is 130 cm³/mol. The van der Waals surface area contributed by atoms with E-state index in [1.165, 1.54) is 51.9 Å². The Bertz CT molecular complexity index is 924. The summed E-state index contributed by atoms with van der Waals surface area (Å²) in [6.07, 6.45) is 7.80. The zero-order chi connectivity index (χ0) is 21.1. The average Bonchev–Trinajstić information content (AvgIpc) is 2.68. The van der Waals surface area contributed by atoms with Crippen molar-refractivity contribution in [2.45, 2.75) is 65.8 Å². The second-order valence-corrected chi connectivity index (χ2v) is 9.00. The molecule has 154 valence electrons. The highest BCUT2D eigenvalue weighted by atomic mass is 35.5. The molecule has 3 atom stereocenters. The minimum absolute atomic E-state index is 0.298. The van der Waals surface area contributed by atoms with E-state index in [9.17, 15) is 0 Å². The van der Waals surface area contributed by atoms with Crippen LogP contribution in [0.2, 0.25) is 5.02 Å². The van der Waals surface area contributed by atoms with E-state index in [2.05, 4.69) is 89.0 Å². The lowest BCUT2D eigenvalue weighted by Gasteiger charge is -2.38. The second-order valence-electron chi connectivity index (χ2n) is 8.60. The van der Waals surface area contributed by atoms with E-state index in [1.807, 2.05) is 0 Å². The van der Waals surface area contributed by atoms with E-state index in [-0.39, 0.29) is 0 Å². The van der Waals surface area contributed by atoms with Crippen molar-refractivity contribution in [3.8, 4) is 0 Å².